The Bertz CT molecular complexity index is 931. The third kappa shape index (κ3) is 4.61. The Hall–Kier alpha value is -2.96. The van der Waals surface area contributed by atoms with Crippen molar-refractivity contribution in [2.24, 2.45) is 0 Å². The maximum absolute atomic E-state index is 12.9. The lowest BCUT2D eigenvalue weighted by Crippen LogP contribution is -2.49. The number of piperidine rings is 1. The van der Waals surface area contributed by atoms with Crippen LogP contribution in [-0.4, -0.2) is 52.5 Å². The molecule has 0 atom stereocenters. The van der Waals surface area contributed by atoms with Crippen LogP contribution in [0.5, 0.6) is 0 Å². The second-order valence-electron chi connectivity index (χ2n) is 7.96. The van der Waals surface area contributed by atoms with Crippen LogP contribution >= 0.6 is 0 Å². The van der Waals surface area contributed by atoms with Crippen LogP contribution in [0.15, 0.2) is 54.6 Å². The zero-order valence-electron chi connectivity index (χ0n) is 17.0. The zero-order chi connectivity index (χ0) is 20.9. The fourth-order valence-corrected chi connectivity index (χ4v) is 4.38. The van der Waals surface area contributed by atoms with E-state index in [1.165, 1.54) is 17.2 Å². The van der Waals surface area contributed by atoms with Crippen LogP contribution in [0.25, 0.3) is 6.08 Å². The Morgan fingerprint density at radius 2 is 1.80 bits per heavy atom. The second-order valence-corrected chi connectivity index (χ2v) is 7.96. The van der Waals surface area contributed by atoms with Gasteiger partial charge in [0.2, 0.25) is 0 Å². The molecule has 6 heteroatoms. The molecule has 1 saturated heterocycles. The predicted octanol–water partition coefficient (Wildman–Crippen LogP) is 2.87. The summed E-state index contributed by atoms with van der Waals surface area (Å²) >= 11 is 0. The van der Waals surface area contributed by atoms with Gasteiger partial charge in [0.15, 0.2) is 0 Å². The van der Waals surface area contributed by atoms with E-state index in [2.05, 4.69) is 28.0 Å². The number of likely N-dealkylation sites (tertiary alicyclic amines) is 1. The molecule has 0 aliphatic carbocycles. The van der Waals surface area contributed by atoms with Gasteiger partial charge in [-0.05, 0) is 48.1 Å². The van der Waals surface area contributed by atoms with E-state index in [9.17, 15) is 9.59 Å². The average Bonchev–Trinajstić information content (AvgIpc) is 2.79. The summed E-state index contributed by atoms with van der Waals surface area (Å²) in [6.07, 6.45) is 5.91. The van der Waals surface area contributed by atoms with Gasteiger partial charge < -0.3 is 4.90 Å². The van der Waals surface area contributed by atoms with E-state index in [1.54, 1.807) is 11.6 Å². The summed E-state index contributed by atoms with van der Waals surface area (Å²) in [4.78, 5) is 28.5. The van der Waals surface area contributed by atoms with E-state index in [1.807, 2.05) is 30.3 Å². The molecule has 0 unspecified atom stereocenters. The lowest BCUT2D eigenvalue weighted by atomic mass is 9.94. The van der Waals surface area contributed by atoms with E-state index in [-0.39, 0.29) is 5.91 Å². The monoisotopic (exact) mass is 405 g/mol. The Morgan fingerprint density at radius 1 is 1.07 bits per heavy atom. The van der Waals surface area contributed by atoms with Gasteiger partial charge in [-0.2, -0.15) is 0 Å². The van der Waals surface area contributed by atoms with Gasteiger partial charge in [0.1, 0.15) is 0 Å². The van der Waals surface area contributed by atoms with Crippen LogP contribution in [0.3, 0.4) is 0 Å². The fraction of sp³-hybridized carbons (Fsp3) is 0.333. The molecule has 6 nitrogen and oxygen atoms in total. The summed E-state index contributed by atoms with van der Waals surface area (Å²) in [5.74, 6) is -0.355. The van der Waals surface area contributed by atoms with E-state index >= 15 is 0 Å². The molecule has 2 aromatic rings. The summed E-state index contributed by atoms with van der Waals surface area (Å²) in [5, 5.41) is 8.52. The van der Waals surface area contributed by atoms with Gasteiger partial charge >= 0.3 is 0 Å². The molecule has 2 heterocycles. The number of benzene rings is 2. The van der Waals surface area contributed by atoms with Crippen LogP contribution in [-0.2, 0) is 17.8 Å². The quantitative estimate of drug-likeness (QED) is 0.456. The Labute approximate surface area is 176 Å². The van der Waals surface area contributed by atoms with Gasteiger partial charge in [0, 0.05) is 43.9 Å². The number of rotatable bonds is 5. The van der Waals surface area contributed by atoms with E-state index < -0.39 is 5.91 Å². The smallest absolute Gasteiger partial charge is 0.267 e. The molecule has 0 saturated carbocycles. The minimum atomic E-state index is -0.544. The molecule has 2 aliphatic rings. The van der Waals surface area contributed by atoms with Gasteiger partial charge in [-0.25, -0.2) is 5.48 Å². The molecule has 30 heavy (non-hydrogen) atoms. The first-order chi connectivity index (χ1) is 14.6. The number of fused-ring (bicyclic) bond motifs is 1. The molecule has 2 aliphatic heterocycles. The van der Waals surface area contributed by atoms with Crippen molar-refractivity contribution in [2.75, 3.05) is 19.6 Å². The summed E-state index contributed by atoms with van der Waals surface area (Å²) < 4.78 is 0. The Morgan fingerprint density at radius 3 is 2.53 bits per heavy atom. The van der Waals surface area contributed by atoms with Crippen LogP contribution in [0.1, 0.15) is 39.9 Å². The number of hydrogen-bond acceptors (Lipinski definition) is 4. The molecule has 2 aromatic carbocycles. The molecular weight excluding hydrogens is 378 g/mol. The second kappa shape index (κ2) is 9.24. The van der Waals surface area contributed by atoms with Gasteiger partial charge in [-0.15, -0.1) is 0 Å². The minimum Gasteiger partial charge on any atom is -0.335 e. The maximum atomic E-state index is 12.9. The van der Waals surface area contributed by atoms with Crippen molar-refractivity contribution >= 4 is 17.9 Å². The number of nitrogens with one attached hydrogen (secondary N) is 1. The fourth-order valence-electron chi connectivity index (χ4n) is 4.38. The molecule has 4 rings (SSSR count). The first-order valence-corrected chi connectivity index (χ1v) is 10.5. The molecule has 0 spiro atoms. The van der Waals surface area contributed by atoms with Crippen molar-refractivity contribution in [3.8, 4) is 0 Å². The third-order valence-corrected chi connectivity index (χ3v) is 6.05. The average molecular weight is 405 g/mol. The topological polar surface area (TPSA) is 72.9 Å². The van der Waals surface area contributed by atoms with Crippen LogP contribution in [0.4, 0.5) is 0 Å². The van der Waals surface area contributed by atoms with Gasteiger partial charge in [-0.1, -0.05) is 42.5 Å². The van der Waals surface area contributed by atoms with Crippen LogP contribution in [0, 0.1) is 0 Å². The first-order valence-electron chi connectivity index (χ1n) is 10.5. The Balaban J connectivity index is 1.29. The van der Waals surface area contributed by atoms with Crippen LogP contribution in [0.2, 0.25) is 0 Å². The maximum Gasteiger partial charge on any atom is 0.267 e. The third-order valence-electron chi connectivity index (χ3n) is 6.05. The highest BCUT2D eigenvalue weighted by Gasteiger charge is 2.31. The van der Waals surface area contributed by atoms with Crippen LogP contribution < -0.4 is 5.48 Å². The largest absolute Gasteiger partial charge is 0.335 e. The molecule has 0 aromatic heterocycles. The first kappa shape index (κ1) is 20.3. The molecular formula is C24H27N3O3. The summed E-state index contributed by atoms with van der Waals surface area (Å²) in [5.41, 5.74) is 5.75. The highest BCUT2D eigenvalue weighted by atomic mass is 16.5. The molecule has 1 fully saturated rings. The van der Waals surface area contributed by atoms with Gasteiger partial charge in [0.05, 0.1) is 0 Å². The van der Waals surface area contributed by atoms with Crippen molar-refractivity contribution in [3.63, 3.8) is 0 Å². The summed E-state index contributed by atoms with van der Waals surface area (Å²) in [6.45, 7) is 3.66. The predicted molar refractivity (Wildman–Crippen MR) is 115 cm³/mol. The number of hydrogen-bond donors (Lipinski definition) is 2. The van der Waals surface area contributed by atoms with E-state index in [4.69, 9.17) is 5.21 Å². The molecule has 156 valence electrons. The summed E-state index contributed by atoms with van der Waals surface area (Å²) in [7, 11) is 0. The van der Waals surface area contributed by atoms with E-state index in [0.717, 1.165) is 56.6 Å². The summed E-state index contributed by atoms with van der Waals surface area (Å²) in [6, 6.07) is 16.4. The van der Waals surface area contributed by atoms with Crippen molar-refractivity contribution in [1.29, 1.82) is 0 Å². The SMILES string of the molecule is O=C(/C=C/c1ccc(CN2CCC(N3CCc4ccccc4C3=O)CC2)cc1)NO. The lowest BCUT2D eigenvalue weighted by Gasteiger charge is -2.40. The molecule has 0 radical (unpaired) electrons. The number of carbonyl (C=O) groups is 2. The normalized spacial score (nSPS) is 17.9. The number of hydroxylamine groups is 1. The standard InChI is InChI=1S/C24H27N3O3/c28-23(25-30)10-9-18-5-7-19(8-6-18)17-26-14-12-21(13-15-26)27-16-11-20-3-1-2-4-22(20)24(27)29/h1-10,21,30H,11-17H2,(H,25,28)/b10-9+. The van der Waals surface area contributed by atoms with Gasteiger partial charge in [0.25, 0.3) is 11.8 Å². The Kier molecular flexibility index (Phi) is 6.26. The highest BCUT2D eigenvalue weighted by Crippen LogP contribution is 2.25. The minimum absolute atomic E-state index is 0.189. The molecule has 2 N–H and O–H groups in total. The number of amides is 2. The lowest BCUT2D eigenvalue weighted by molar-refractivity contribution is -0.124. The molecule has 2 amide bonds. The van der Waals surface area contributed by atoms with E-state index in [0.29, 0.717) is 6.04 Å². The highest BCUT2D eigenvalue weighted by molar-refractivity contribution is 5.97. The number of carbonyl (C=O) groups excluding carboxylic acids is 2. The number of nitrogens with zero attached hydrogens (tertiary/aromatic N) is 2. The van der Waals surface area contributed by atoms with Gasteiger partial charge in [-0.3, -0.25) is 19.7 Å². The zero-order valence-corrected chi connectivity index (χ0v) is 17.0. The van der Waals surface area contributed by atoms with Crippen molar-refractivity contribution in [1.82, 2.24) is 15.3 Å². The van der Waals surface area contributed by atoms with Crippen molar-refractivity contribution in [2.45, 2.75) is 31.8 Å². The van der Waals surface area contributed by atoms with Crippen molar-refractivity contribution in [3.05, 3.63) is 76.9 Å². The van der Waals surface area contributed by atoms with Crippen molar-refractivity contribution < 1.29 is 14.8 Å². The molecule has 0 bridgehead atoms.